The molecule has 0 fully saturated rings. The molecule has 132 valence electrons. The lowest BCUT2D eigenvalue weighted by Crippen LogP contribution is -2.54. The fourth-order valence-electron chi connectivity index (χ4n) is 2.44. The van der Waals surface area contributed by atoms with Gasteiger partial charge in [0.15, 0.2) is 0 Å². The van der Waals surface area contributed by atoms with E-state index in [1.54, 1.807) is 57.4 Å². The molecule has 25 heavy (non-hydrogen) atoms. The number of rotatable bonds is 6. The quantitative estimate of drug-likeness (QED) is 0.774. The highest BCUT2D eigenvalue weighted by Gasteiger charge is 2.50. The van der Waals surface area contributed by atoms with Crippen LogP contribution in [-0.2, 0) is 20.7 Å². The molecule has 2 aromatic rings. The molecular formula is C18H20N2O5. The average Bonchev–Trinajstić information content (AvgIpc) is 2.54. The highest BCUT2D eigenvalue weighted by atomic mass is 16.6. The van der Waals surface area contributed by atoms with Crippen molar-refractivity contribution in [2.75, 3.05) is 0 Å². The number of carboxylic acid groups (broad SMARTS) is 2. The van der Waals surface area contributed by atoms with E-state index < -0.39 is 23.1 Å². The first-order valence-electron chi connectivity index (χ1n) is 7.65. The molecule has 0 saturated carbocycles. The Balaban J connectivity index is 2.33. The molecule has 0 bridgehead atoms. The zero-order valence-electron chi connectivity index (χ0n) is 14.3. The summed E-state index contributed by atoms with van der Waals surface area (Å²) in [5.41, 5.74) is -1.09. The van der Waals surface area contributed by atoms with Crippen LogP contribution in [0.25, 0.3) is 11.1 Å². The second kappa shape index (κ2) is 6.98. The third kappa shape index (κ3) is 4.39. The van der Waals surface area contributed by atoms with Crippen molar-refractivity contribution in [1.29, 1.82) is 0 Å². The van der Waals surface area contributed by atoms with Gasteiger partial charge in [-0.1, -0.05) is 24.3 Å². The van der Waals surface area contributed by atoms with Crippen LogP contribution in [0.4, 0.5) is 0 Å². The second-order valence-corrected chi connectivity index (χ2v) is 6.65. The van der Waals surface area contributed by atoms with Crippen LogP contribution >= 0.6 is 0 Å². The Bertz CT molecular complexity index is 737. The van der Waals surface area contributed by atoms with Crippen molar-refractivity contribution in [3.8, 4) is 11.1 Å². The van der Waals surface area contributed by atoms with Crippen LogP contribution in [0.1, 0.15) is 26.3 Å². The van der Waals surface area contributed by atoms with Gasteiger partial charge in [0.05, 0.1) is 5.60 Å². The van der Waals surface area contributed by atoms with Crippen LogP contribution in [0.5, 0.6) is 0 Å². The van der Waals surface area contributed by atoms with Crippen LogP contribution in [0, 0.1) is 0 Å². The predicted octanol–water partition coefficient (Wildman–Crippen LogP) is 2.41. The molecule has 0 unspecified atom stereocenters. The molecule has 0 spiro atoms. The average molecular weight is 344 g/mol. The number of hydrogen-bond donors (Lipinski definition) is 2. The Morgan fingerprint density at radius 1 is 0.960 bits per heavy atom. The number of nitrogens with zero attached hydrogens (tertiary/aromatic N) is 2. The molecule has 7 heteroatoms. The molecule has 0 aliphatic heterocycles. The van der Waals surface area contributed by atoms with Gasteiger partial charge < -0.3 is 14.9 Å². The van der Waals surface area contributed by atoms with Gasteiger partial charge in [0.25, 0.3) is 5.60 Å². The Labute approximate surface area is 145 Å². The van der Waals surface area contributed by atoms with E-state index in [1.807, 2.05) is 0 Å². The highest BCUT2D eigenvalue weighted by Crippen LogP contribution is 2.27. The summed E-state index contributed by atoms with van der Waals surface area (Å²) in [4.78, 5) is 31.3. The predicted molar refractivity (Wildman–Crippen MR) is 90.0 cm³/mol. The van der Waals surface area contributed by atoms with E-state index in [0.29, 0.717) is 5.56 Å². The maximum Gasteiger partial charge on any atom is 0.348 e. The van der Waals surface area contributed by atoms with Crippen molar-refractivity contribution in [3.63, 3.8) is 0 Å². The van der Waals surface area contributed by atoms with Crippen molar-refractivity contribution in [1.82, 2.24) is 9.97 Å². The molecule has 0 aliphatic rings. The summed E-state index contributed by atoms with van der Waals surface area (Å²) in [5, 5.41) is 19.1. The Kier molecular flexibility index (Phi) is 5.18. The van der Waals surface area contributed by atoms with Crippen molar-refractivity contribution < 1.29 is 24.5 Å². The summed E-state index contributed by atoms with van der Waals surface area (Å²) in [7, 11) is 0. The third-order valence-electron chi connectivity index (χ3n) is 3.47. The van der Waals surface area contributed by atoms with Gasteiger partial charge in [0.1, 0.15) is 6.33 Å². The summed E-state index contributed by atoms with van der Waals surface area (Å²) < 4.78 is 5.45. The fourth-order valence-corrected chi connectivity index (χ4v) is 2.44. The Morgan fingerprint density at radius 3 is 1.92 bits per heavy atom. The van der Waals surface area contributed by atoms with Crippen molar-refractivity contribution >= 4 is 11.9 Å². The summed E-state index contributed by atoms with van der Waals surface area (Å²) in [6, 6.07) is 6.88. The minimum absolute atomic E-state index is 0.291. The van der Waals surface area contributed by atoms with Gasteiger partial charge in [0, 0.05) is 24.4 Å². The van der Waals surface area contributed by atoms with Crippen molar-refractivity contribution in [2.45, 2.75) is 38.4 Å². The molecule has 0 saturated heterocycles. The van der Waals surface area contributed by atoms with Gasteiger partial charge in [-0.2, -0.15) is 0 Å². The first-order chi connectivity index (χ1) is 11.6. The number of carboxylic acids is 2. The molecule has 1 aromatic heterocycles. The zero-order valence-corrected chi connectivity index (χ0v) is 14.3. The topological polar surface area (TPSA) is 110 Å². The number of ether oxygens (including phenoxy) is 1. The lowest BCUT2D eigenvalue weighted by atomic mass is 9.92. The molecule has 2 rings (SSSR count). The number of carbonyl (C=O) groups is 2. The zero-order chi connectivity index (χ0) is 18.7. The van der Waals surface area contributed by atoms with E-state index in [2.05, 4.69) is 9.97 Å². The number of benzene rings is 1. The summed E-state index contributed by atoms with van der Waals surface area (Å²) in [6.07, 6.45) is 4.45. The van der Waals surface area contributed by atoms with Gasteiger partial charge in [-0.3, -0.25) is 0 Å². The SMILES string of the molecule is CC(C)(C)OC(Cc1ccc(-c2cncnc2)cc1)(C(=O)O)C(=O)O. The fraction of sp³-hybridized carbons (Fsp3) is 0.333. The molecule has 0 amide bonds. The van der Waals surface area contributed by atoms with E-state index in [0.717, 1.165) is 11.1 Å². The van der Waals surface area contributed by atoms with Crippen LogP contribution < -0.4 is 0 Å². The number of aliphatic carboxylic acids is 2. The molecular weight excluding hydrogens is 324 g/mol. The minimum atomic E-state index is -2.35. The van der Waals surface area contributed by atoms with Gasteiger partial charge in [-0.05, 0) is 31.9 Å². The molecule has 0 aliphatic carbocycles. The lowest BCUT2D eigenvalue weighted by molar-refractivity contribution is -0.199. The van der Waals surface area contributed by atoms with Gasteiger partial charge in [-0.25, -0.2) is 19.6 Å². The van der Waals surface area contributed by atoms with Crippen LogP contribution in [0.3, 0.4) is 0 Å². The number of aromatic nitrogens is 2. The van der Waals surface area contributed by atoms with E-state index in [4.69, 9.17) is 4.74 Å². The van der Waals surface area contributed by atoms with Crippen LogP contribution in [0.15, 0.2) is 43.0 Å². The summed E-state index contributed by atoms with van der Waals surface area (Å²) in [6.45, 7) is 4.85. The normalized spacial score (nSPS) is 12.0. The number of hydrogen-bond acceptors (Lipinski definition) is 5. The van der Waals surface area contributed by atoms with E-state index in [1.165, 1.54) is 6.33 Å². The standard InChI is InChI=1S/C18H20N2O5/c1-17(2,3)25-18(15(21)22,16(23)24)8-12-4-6-13(7-5-12)14-9-19-11-20-10-14/h4-7,9-11H,8H2,1-3H3,(H,21,22)(H,23,24). The monoisotopic (exact) mass is 344 g/mol. The highest BCUT2D eigenvalue weighted by molar-refractivity contribution is 6.02. The lowest BCUT2D eigenvalue weighted by Gasteiger charge is -2.33. The summed E-state index contributed by atoms with van der Waals surface area (Å²) >= 11 is 0. The molecule has 0 radical (unpaired) electrons. The summed E-state index contributed by atoms with van der Waals surface area (Å²) in [5.74, 6) is -3.06. The molecule has 1 heterocycles. The maximum atomic E-state index is 11.7. The molecule has 0 atom stereocenters. The smallest absolute Gasteiger partial charge is 0.348 e. The first-order valence-corrected chi connectivity index (χ1v) is 7.65. The minimum Gasteiger partial charge on any atom is -0.479 e. The van der Waals surface area contributed by atoms with Crippen molar-refractivity contribution in [2.24, 2.45) is 0 Å². The van der Waals surface area contributed by atoms with Crippen LogP contribution in [-0.4, -0.2) is 43.3 Å². The van der Waals surface area contributed by atoms with Gasteiger partial charge in [0.2, 0.25) is 0 Å². The molecule has 7 nitrogen and oxygen atoms in total. The van der Waals surface area contributed by atoms with E-state index >= 15 is 0 Å². The molecule has 2 N–H and O–H groups in total. The Hall–Kier alpha value is -2.80. The molecule has 1 aromatic carbocycles. The van der Waals surface area contributed by atoms with Gasteiger partial charge in [-0.15, -0.1) is 0 Å². The third-order valence-corrected chi connectivity index (χ3v) is 3.47. The maximum absolute atomic E-state index is 11.7. The van der Waals surface area contributed by atoms with Gasteiger partial charge >= 0.3 is 11.9 Å². The van der Waals surface area contributed by atoms with Crippen LogP contribution in [0.2, 0.25) is 0 Å². The van der Waals surface area contributed by atoms with E-state index in [-0.39, 0.29) is 6.42 Å². The van der Waals surface area contributed by atoms with E-state index in [9.17, 15) is 19.8 Å². The largest absolute Gasteiger partial charge is 0.479 e. The van der Waals surface area contributed by atoms with Crippen molar-refractivity contribution in [3.05, 3.63) is 48.5 Å². The Morgan fingerprint density at radius 2 is 1.48 bits per heavy atom. The first kappa shape index (κ1) is 18.5. The second-order valence-electron chi connectivity index (χ2n) is 6.65.